The van der Waals surface area contributed by atoms with Crippen molar-refractivity contribution in [2.75, 3.05) is 24.2 Å². The minimum atomic E-state index is -3.65. The zero-order valence-corrected chi connectivity index (χ0v) is 19.9. The summed E-state index contributed by atoms with van der Waals surface area (Å²) in [6.07, 6.45) is 2.02. The number of carbonyl (C=O) groups is 1. The van der Waals surface area contributed by atoms with Gasteiger partial charge in [0.25, 0.3) is 5.91 Å². The molecule has 2 atom stereocenters. The number of halogens is 1. The lowest BCUT2D eigenvalue weighted by Gasteiger charge is -2.34. The van der Waals surface area contributed by atoms with Crippen LogP contribution in [0.4, 0.5) is 5.69 Å². The molecule has 3 rings (SSSR count). The van der Waals surface area contributed by atoms with E-state index >= 15 is 0 Å². The van der Waals surface area contributed by atoms with E-state index in [-0.39, 0.29) is 27.8 Å². The summed E-state index contributed by atoms with van der Waals surface area (Å²) in [4.78, 5) is 21.1. The first-order chi connectivity index (χ1) is 14.7. The number of hydrogen-bond donors (Lipinski definition) is 1. The number of anilines is 1. The smallest absolute Gasteiger partial charge is 0.275 e. The van der Waals surface area contributed by atoms with E-state index in [0.29, 0.717) is 23.9 Å². The summed E-state index contributed by atoms with van der Waals surface area (Å²) in [7, 11) is -3.65. The Balaban J connectivity index is 1.73. The standard InChI is InChI=1S/C20H25ClN4O4S2/c1-4-9-30-20-22-10-17(21)18(24-20)19(26)23-15-5-7-16(8-6-15)31(27,28)25-11-13(2)29-14(3)12-25/h5-8,10,13-14H,4,9,11-12H2,1-3H3,(H,23,26)/t13-,14-/m0/s1. The Hall–Kier alpha value is -1.72. The first-order valence-corrected chi connectivity index (χ1v) is 12.7. The van der Waals surface area contributed by atoms with Gasteiger partial charge in [-0.25, -0.2) is 18.4 Å². The van der Waals surface area contributed by atoms with Crippen LogP contribution in [0.2, 0.25) is 5.02 Å². The second-order valence-electron chi connectivity index (χ2n) is 7.26. The van der Waals surface area contributed by atoms with Gasteiger partial charge < -0.3 is 10.1 Å². The van der Waals surface area contributed by atoms with Gasteiger partial charge in [0, 0.05) is 24.5 Å². The van der Waals surface area contributed by atoms with Crippen LogP contribution in [0.3, 0.4) is 0 Å². The molecule has 0 aliphatic carbocycles. The Kier molecular flexibility index (Phi) is 7.92. The van der Waals surface area contributed by atoms with Crippen molar-refractivity contribution in [3.63, 3.8) is 0 Å². The van der Waals surface area contributed by atoms with E-state index < -0.39 is 15.9 Å². The molecule has 1 aliphatic heterocycles. The van der Waals surface area contributed by atoms with Crippen LogP contribution >= 0.6 is 23.4 Å². The highest BCUT2D eigenvalue weighted by atomic mass is 35.5. The molecule has 1 aliphatic rings. The lowest BCUT2D eigenvalue weighted by Crippen LogP contribution is -2.48. The van der Waals surface area contributed by atoms with Gasteiger partial charge in [0.1, 0.15) is 0 Å². The summed E-state index contributed by atoms with van der Waals surface area (Å²) >= 11 is 7.54. The number of amides is 1. The summed E-state index contributed by atoms with van der Waals surface area (Å²) in [6.45, 7) is 6.34. The monoisotopic (exact) mass is 484 g/mol. The first-order valence-electron chi connectivity index (χ1n) is 9.93. The lowest BCUT2D eigenvalue weighted by molar-refractivity contribution is -0.0440. The van der Waals surface area contributed by atoms with Crippen LogP contribution in [0.15, 0.2) is 40.5 Å². The number of carbonyl (C=O) groups excluding carboxylic acids is 1. The largest absolute Gasteiger partial charge is 0.373 e. The number of nitrogens with one attached hydrogen (secondary N) is 1. The number of sulfonamides is 1. The quantitative estimate of drug-likeness (QED) is 0.472. The summed E-state index contributed by atoms with van der Waals surface area (Å²) in [5.41, 5.74) is 0.508. The zero-order valence-electron chi connectivity index (χ0n) is 17.5. The molecule has 2 aromatic rings. The highest BCUT2D eigenvalue weighted by Crippen LogP contribution is 2.24. The lowest BCUT2D eigenvalue weighted by atomic mass is 10.3. The average Bonchev–Trinajstić information content (AvgIpc) is 2.72. The van der Waals surface area contributed by atoms with Crippen molar-refractivity contribution in [3.05, 3.63) is 41.2 Å². The van der Waals surface area contributed by atoms with Crippen LogP contribution in [0.5, 0.6) is 0 Å². The summed E-state index contributed by atoms with van der Waals surface area (Å²) in [5.74, 6) is 0.344. The van der Waals surface area contributed by atoms with Crippen LogP contribution in [-0.4, -0.2) is 59.6 Å². The van der Waals surface area contributed by atoms with Crippen molar-refractivity contribution >= 4 is 45.0 Å². The molecule has 0 saturated carbocycles. The molecule has 2 heterocycles. The molecule has 11 heteroatoms. The van der Waals surface area contributed by atoms with E-state index in [9.17, 15) is 13.2 Å². The third-order valence-electron chi connectivity index (χ3n) is 4.51. The van der Waals surface area contributed by atoms with E-state index in [1.54, 1.807) is 12.1 Å². The highest BCUT2D eigenvalue weighted by Gasteiger charge is 2.32. The zero-order chi connectivity index (χ0) is 22.6. The minimum absolute atomic E-state index is 0.0725. The third-order valence-corrected chi connectivity index (χ3v) is 7.70. The molecule has 1 amide bonds. The molecule has 0 radical (unpaired) electrons. The Bertz CT molecular complexity index is 1020. The first kappa shape index (κ1) is 23.9. The van der Waals surface area contributed by atoms with Gasteiger partial charge >= 0.3 is 0 Å². The maximum Gasteiger partial charge on any atom is 0.275 e. The second kappa shape index (κ2) is 10.3. The number of hydrogen-bond acceptors (Lipinski definition) is 7. The van der Waals surface area contributed by atoms with Crippen molar-refractivity contribution in [3.8, 4) is 0 Å². The van der Waals surface area contributed by atoms with Gasteiger partial charge in [-0.1, -0.05) is 30.3 Å². The molecule has 1 aromatic carbocycles. The molecule has 1 aromatic heterocycles. The fourth-order valence-electron chi connectivity index (χ4n) is 3.15. The van der Waals surface area contributed by atoms with Crippen molar-refractivity contribution in [2.24, 2.45) is 0 Å². The van der Waals surface area contributed by atoms with Gasteiger partial charge in [-0.3, -0.25) is 4.79 Å². The van der Waals surface area contributed by atoms with Gasteiger partial charge in [0.2, 0.25) is 10.0 Å². The molecule has 1 saturated heterocycles. The Morgan fingerprint density at radius 1 is 1.26 bits per heavy atom. The number of nitrogens with zero attached hydrogens (tertiary/aromatic N) is 3. The van der Waals surface area contributed by atoms with Gasteiger partial charge in [0.05, 0.1) is 28.3 Å². The predicted octanol–water partition coefficient (Wildman–Crippen LogP) is 3.68. The van der Waals surface area contributed by atoms with Crippen molar-refractivity contribution in [2.45, 2.75) is 49.5 Å². The number of ether oxygens (including phenoxy) is 1. The molecule has 168 valence electrons. The summed E-state index contributed by atoms with van der Waals surface area (Å²) in [6, 6.07) is 6.03. The maximum absolute atomic E-state index is 12.9. The molecule has 0 bridgehead atoms. The normalized spacial score (nSPS) is 19.9. The van der Waals surface area contributed by atoms with Crippen LogP contribution < -0.4 is 5.32 Å². The summed E-state index contributed by atoms with van der Waals surface area (Å²) in [5, 5.41) is 3.33. The maximum atomic E-state index is 12.9. The van der Waals surface area contributed by atoms with E-state index in [4.69, 9.17) is 16.3 Å². The molecular formula is C20H25ClN4O4S2. The summed E-state index contributed by atoms with van der Waals surface area (Å²) < 4.78 is 32.9. The van der Waals surface area contributed by atoms with Crippen molar-refractivity contribution in [1.29, 1.82) is 0 Å². The molecule has 0 spiro atoms. The Labute approximate surface area is 191 Å². The van der Waals surface area contributed by atoms with E-state index in [2.05, 4.69) is 15.3 Å². The molecule has 8 nitrogen and oxygen atoms in total. The van der Waals surface area contributed by atoms with Crippen molar-refractivity contribution < 1.29 is 17.9 Å². The minimum Gasteiger partial charge on any atom is -0.373 e. The third kappa shape index (κ3) is 5.95. The average molecular weight is 485 g/mol. The van der Waals surface area contributed by atoms with Crippen LogP contribution in [0.25, 0.3) is 0 Å². The van der Waals surface area contributed by atoms with E-state index in [0.717, 1.165) is 12.2 Å². The molecule has 0 unspecified atom stereocenters. The Morgan fingerprint density at radius 3 is 2.52 bits per heavy atom. The van der Waals surface area contributed by atoms with Gasteiger partial charge in [-0.05, 0) is 44.5 Å². The van der Waals surface area contributed by atoms with Crippen LogP contribution in [0, 0.1) is 0 Å². The second-order valence-corrected chi connectivity index (χ2v) is 10.7. The van der Waals surface area contributed by atoms with Crippen LogP contribution in [-0.2, 0) is 14.8 Å². The van der Waals surface area contributed by atoms with Gasteiger partial charge in [0.15, 0.2) is 10.9 Å². The molecule has 1 N–H and O–H groups in total. The number of rotatable bonds is 7. The number of thioether (sulfide) groups is 1. The number of benzene rings is 1. The SMILES string of the molecule is CCCSc1ncc(Cl)c(C(=O)Nc2ccc(S(=O)(=O)N3C[C@H](C)O[C@@H](C)C3)cc2)n1. The fourth-order valence-corrected chi connectivity index (χ4v) is 5.59. The Morgan fingerprint density at radius 2 is 1.90 bits per heavy atom. The van der Waals surface area contributed by atoms with Crippen molar-refractivity contribution in [1.82, 2.24) is 14.3 Å². The van der Waals surface area contributed by atoms with E-state index in [1.807, 2.05) is 20.8 Å². The van der Waals surface area contributed by atoms with Gasteiger partial charge in [-0.15, -0.1) is 0 Å². The number of aromatic nitrogens is 2. The molecular weight excluding hydrogens is 460 g/mol. The topological polar surface area (TPSA) is 101 Å². The van der Waals surface area contributed by atoms with E-state index in [1.165, 1.54) is 34.4 Å². The predicted molar refractivity (Wildman–Crippen MR) is 121 cm³/mol. The number of morpholine rings is 1. The highest BCUT2D eigenvalue weighted by molar-refractivity contribution is 7.99. The van der Waals surface area contributed by atoms with Gasteiger partial charge in [-0.2, -0.15) is 4.31 Å². The molecule has 1 fully saturated rings. The van der Waals surface area contributed by atoms with Crippen LogP contribution in [0.1, 0.15) is 37.7 Å². The fraction of sp³-hybridized carbons (Fsp3) is 0.450. The molecule has 31 heavy (non-hydrogen) atoms.